The molecule has 1 atom stereocenters. The molecule has 0 saturated heterocycles. The maximum atomic E-state index is 14.3. The van der Waals surface area contributed by atoms with Gasteiger partial charge >= 0.3 is 29.6 Å². The van der Waals surface area contributed by atoms with Crippen LogP contribution in [0.5, 0.6) is 0 Å². The van der Waals surface area contributed by atoms with Crippen LogP contribution in [0.3, 0.4) is 0 Å². The summed E-state index contributed by atoms with van der Waals surface area (Å²) in [6.07, 6.45) is 1.63. The van der Waals surface area contributed by atoms with Crippen molar-refractivity contribution in [2.75, 3.05) is 0 Å². The number of carbonyl (C=O) groups is 1. The molecular weight excluding hydrogens is 414 g/mol. The number of nitrogens with zero attached hydrogens (tertiary/aromatic N) is 1. The first-order valence-electron chi connectivity index (χ1n) is 9.15. The van der Waals surface area contributed by atoms with Gasteiger partial charge in [-0.05, 0) is 42.2 Å². The van der Waals surface area contributed by atoms with Gasteiger partial charge in [0, 0.05) is 5.56 Å². The number of halogens is 1. The summed E-state index contributed by atoms with van der Waals surface area (Å²) in [5.41, 5.74) is 2.48. The minimum atomic E-state index is -4.31. The number of nitrogens with one attached hydrogen (secondary N) is 1. The Morgan fingerprint density at radius 2 is 1.70 bits per heavy atom. The third-order valence-electron chi connectivity index (χ3n) is 4.89. The van der Waals surface area contributed by atoms with Gasteiger partial charge in [-0.3, -0.25) is 4.79 Å². The Morgan fingerprint density at radius 3 is 2.47 bits per heavy atom. The van der Waals surface area contributed by atoms with Crippen molar-refractivity contribution in [3.8, 4) is 0 Å². The largest absolute Gasteiger partial charge is 1.00 e. The van der Waals surface area contributed by atoms with Crippen LogP contribution < -0.4 is 34.9 Å². The van der Waals surface area contributed by atoms with Gasteiger partial charge in [-0.25, -0.2) is 12.8 Å². The Labute approximate surface area is 197 Å². The normalized spacial score (nSPS) is 15.0. The van der Waals surface area contributed by atoms with E-state index in [4.69, 9.17) is 0 Å². The number of hydrogen-bond acceptors (Lipinski definition) is 3. The summed E-state index contributed by atoms with van der Waals surface area (Å²) in [4.78, 5) is 12.1. The third kappa shape index (κ3) is 4.75. The fourth-order valence-corrected chi connectivity index (χ4v) is 4.56. The molecule has 5 nitrogen and oxygen atoms in total. The summed E-state index contributed by atoms with van der Waals surface area (Å²) in [5, 5.41) is 2.91. The standard InChI is InChI=1S/C22H18FN2O3S.Na/c23-19-12-10-16(14-21(19)29(27,28)25-17-7-2-1-3-8-17)22(26)24-20-13-11-15-6-4-5-9-18(15)20;/h1-10,12,14,20H,11,13H2,(H,24,26);/q-1;+1. The number of hydrogen-bond donors (Lipinski definition) is 1. The zero-order chi connectivity index (χ0) is 20.4. The number of sulfonamides is 1. The Balaban J connectivity index is 0.00000256. The Hall–Kier alpha value is -2.19. The Kier molecular flexibility index (Phi) is 6.98. The minimum absolute atomic E-state index is 0. The second kappa shape index (κ2) is 9.31. The fraction of sp³-hybridized carbons (Fsp3) is 0.136. The Morgan fingerprint density at radius 1 is 1.00 bits per heavy atom. The molecule has 0 heterocycles. The number of aryl methyl sites for hydroxylation is 1. The van der Waals surface area contributed by atoms with Crippen LogP contribution in [0.1, 0.15) is 33.9 Å². The monoisotopic (exact) mass is 432 g/mol. The van der Waals surface area contributed by atoms with E-state index in [1.807, 2.05) is 24.3 Å². The molecule has 3 aromatic carbocycles. The fourth-order valence-electron chi connectivity index (χ4n) is 3.47. The molecule has 1 aliphatic rings. The van der Waals surface area contributed by atoms with Gasteiger partial charge in [0.15, 0.2) is 0 Å². The van der Waals surface area contributed by atoms with Gasteiger partial charge in [0.1, 0.15) is 15.8 Å². The van der Waals surface area contributed by atoms with Crippen LogP contribution in [0.4, 0.5) is 10.1 Å². The first kappa shape index (κ1) is 22.5. The maximum Gasteiger partial charge on any atom is 1.00 e. The average Bonchev–Trinajstić information content (AvgIpc) is 3.11. The van der Waals surface area contributed by atoms with E-state index in [0.717, 1.165) is 30.5 Å². The molecule has 0 fully saturated rings. The van der Waals surface area contributed by atoms with E-state index in [-0.39, 0.29) is 46.8 Å². The number of benzene rings is 3. The van der Waals surface area contributed by atoms with Crippen molar-refractivity contribution in [2.24, 2.45) is 0 Å². The average molecular weight is 432 g/mol. The molecule has 0 bridgehead atoms. The molecule has 1 unspecified atom stereocenters. The van der Waals surface area contributed by atoms with Crippen LogP contribution in [0.15, 0.2) is 77.7 Å². The molecule has 8 heteroatoms. The molecule has 0 spiro atoms. The molecule has 0 aliphatic heterocycles. The molecule has 3 aromatic rings. The van der Waals surface area contributed by atoms with E-state index in [0.29, 0.717) is 0 Å². The summed E-state index contributed by atoms with van der Waals surface area (Å²) in [7, 11) is -4.31. The van der Waals surface area contributed by atoms with Crippen LogP contribution in [-0.4, -0.2) is 14.3 Å². The van der Waals surface area contributed by atoms with Gasteiger partial charge in [-0.2, -0.15) is 0 Å². The van der Waals surface area contributed by atoms with E-state index in [2.05, 4.69) is 10.0 Å². The van der Waals surface area contributed by atoms with Crippen molar-refractivity contribution in [1.29, 1.82) is 0 Å². The van der Waals surface area contributed by atoms with Crippen LogP contribution in [-0.2, 0) is 16.4 Å². The number of amides is 1. The van der Waals surface area contributed by atoms with E-state index < -0.39 is 26.6 Å². The minimum Gasteiger partial charge on any atom is -0.573 e. The topological polar surface area (TPSA) is 77.3 Å². The van der Waals surface area contributed by atoms with E-state index in [1.165, 1.54) is 23.8 Å². The maximum absolute atomic E-state index is 14.3. The summed E-state index contributed by atoms with van der Waals surface area (Å²) >= 11 is 0. The molecule has 0 radical (unpaired) electrons. The molecule has 4 rings (SSSR count). The second-order valence-corrected chi connectivity index (χ2v) is 8.38. The molecule has 148 valence electrons. The van der Waals surface area contributed by atoms with Crippen molar-refractivity contribution in [3.05, 3.63) is 100 Å². The van der Waals surface area contributed by atoms with Crippen LogP contribution in [0, 0.1) is 5.82 Å². The van der Waals surface area contributed by atoms with E-state index >= 15 is 0 Å². The van der Waals surface area contributed by atoms with Gasteiger partial charge < -0.3 is 10.0 Å². The van der Waals surface area contributed by atoms with Gasteiger partial charge in [0.05, 0.1) is 10.9 Å². The predicted octanol–water partition coefficient (Wildman–Crippen LogP) is 1.64. The third-order valence-corrected chi connectivity index (χ3v) is 6.21. The first-order valence-corrected chi connectivity index (χ1v) is 10.6. The molecule has 30 heavy (non-hydrogen) atoms. The van der Waals surface area contributed by atoms with Crippen molar-refractivity contribution in [1.82, 2.24) is 5.32 Å². The SMILES string of the molecule is O=C(NC1CCc2ccccc21)c1ccc(F)c(S(=O)(=O)[N-]c2ccccc2)c1.[Na+]. The molecular formula is C22H18FN2NaO3S. The van der Waals surface area contributed by atoms with Crippen LogP contribution >= 0.6 is 0 Å². The number of fused-ring (bicyclic) bond motifs is 1. The van der Waals surface area contributed by atoms with Crippen LogP contribution in [0.2, 0.25) is 0 Å². The summed E-state index contributed by atoms with van der Waals surface area (Å²) < 4.78 is 43.1. The molecule has 0 aromatic heterocycles. The van der Waals surface area contributed by atoms with Gasteiger partial charge in [-0.15, -0.1) is 5.69 Å². The zero-order valence-electron chi connectivity index (χ0n) is 16.4. The van der Waals surface area contributed by atoms with Crippen LogP contribution in [0.25, 0.3) is 4.72 Å². The van der Waals surface area contributed by atoms with Gasteiger partial charge in [0.25, 0.3) is 5.91 Å². The van der Waals surface area contributed by atoms with E-state index in [9.17, 15) is 17.6 Å². The molecule has 1 aliphatic carbocycles. The van der Waals surface area contributed by atoms with E-state index in [1.54, 1.807) is 18.2 Å². The summed E-state index contributed by atoms with van der Waals surface area (Å²) in [5.74, 6) is -1.41. The van der Waals surface area contributed by atoms with Crippen molar-refractivity contribution in [3.63, 3.8) is 0 Å². The van der Waals surface area contributed by atoms with Crippen molar-refractivity contribution < 1.29 is 47.2 Å². The zero-order valence-corrected chi connectivity index (χ0v) is 19.2. The first-order chi connectivity index (χ1) is 13.9. The number of rotatable bonds is 5. The van der Waals surface area contributed by atoms with Gasteiger partial charge in [-0.1, -0.05) is 54.6 Å². The number of carbonyl (C=O) groups excluding carboxylic acids is 1. The quantitative estimate of drug-likeness (QED) is 0.623. The predicted molar refractivity (Wildman–Crippen MR) is 108 cm³/mol. The summed E-state index contributed by atoms with van der Waals surface area (Å²) in [6.45, 7) is 0. The summed E-state index contributed by atoms with van der Waals surface area (Å²) in [6, 6.07) is 19.0. The molecule has 1 N–H and O–H groups in total. The van der Waals surface area contributed by atoms with Crippen molar-refractivity contribution >= 4 is 21.6 Å². The smallest absolute Gasteiger partial charge is 0.573 e. The Bertz CT molecular complexity index is 1170. The second-order valence-electron chi connectivity index (χ2n) is 6.81. The molecule has 0 saturated carbocycles. The van der Waals surface area contributed by atoms with Gasteiger partial charge in [0.2, 0.25) is 0 Å². The molecule has 1 amide bonds. The van der Waals surface area contributed by atoms with Crippen molar-refractivity contribution in [2.45, 2.75) is 23.8 Å².